The Balaban J connectivity index is 1.40. The van der Waals surface area contributed by atoms with Gasteiger partial charge in [-0.15, -0.1) is 0 Å². The van der Waals surface area contributed by atoms with Crippen molar-refractivity contribution in [3.8, 4) is 11.5 Å². The van der Waals surface area contributed by atoms with E-state index < -0.39 is 6.04 Å². The Hall–Kier alpha value is -3.50. The van der Waals surface area contributed by atoms with Gasteiger partial charge in [-0.3, -0.25) is 14.5 Å². The smallest absolute Gasteiger partial charge is 0.262 e. The molecule has 2 aliphatic heterocycles. The number of hydrogen-bond donors (Lipinski definition) is 0. The molecule has 2 aromatic carbocycles. The number of rotatable bonds is 10. The number of halogens is 1. The third-order valence-corrected chi connectivity index (χ3v) is 8.02. The summed E-state index contributed by atoms with van der Waals surface area (Å²) in [5, 5.41) is 6.23. The second-order valence-electron chi connectivity index (χ2n) is 10.5. The van der Waals surface area contributed by atoms with Crippen molar-refractivity contribution >= 4 is 17.5 Å². The third kappa shape index (κ3) is 6.28. The molecular formula is C30H37FN4O5. The fourth-order valence-corrected chi connectivity index (χ4v) is 5.39. The largest absolute Gasteiger partial charge is 0.497 e. The minimum absolute atomic E-state index is 0.0217. The van der Waals surface area contributed by atoms with Crippen LogP contribution >= 0.6 is 0 Å². The van der Waals surface area contributed by atoms with Crippen LogP contribution in [0.1, 0.15) is 42.9 Å². The van der Waals surface area contributed by atoms with Gasteiger partial charge in [0.2, 0.25) is 5.91 Å². The SMILES string of the molecule is COc1ccc(C2=NN(C(=O)CN(CCN3CCOCC3)C(=O)C3CCC3)C(c3ccc(F)cc3)C2)c(OC)c1. The molecule has 0 aromatic heterocycles. The zero-order chi connectivity index (χ0) is 28.1. The van der Waals surface area contributed by atoms with Crippen LogP contribution in [0.3, 0.4) is 0 Å². The second-order valence-corrected chi connectivity index (χ2v) is 10.5. The lowest BCUT2D eigenvalue weighted by atomic mass is 9.84. The summed E-state index contributed by atoms with van der Waals surface area (Å²) >= 11 is 0. The topological polar surface area (TPSA) is 83.9 Å². The Morgan fingerprint density at radius 2 is 1.82 bits per heavy atom. The van der Waals surface area contributed by atoms with Gasteiger partial charge in [0.05, 0.1) is 39.2 Å². The number of carbonyl (C=O) groups excluding carboxylic acids is 2. The summed E-state index contributed by atoms with van der Waals surface area (Å²) in [5.74, 6) is 0.618. The Labute approximate surface area is 234 Å². The van der Waals surface area contributed by atoms with Gasteiger partial charge >= 0.3 is 0 Å². The molecule has 1 saturated carbocycles. The van der Waals surface area contributed by atoms with E-state index in [0.29, 0.717) is 49.9 Å². The molecule has 40 heavy (non-hydrogen) atoms. The van der Waals surface area contributed by atoms with Crippen molar-refractivity contribution in [2.75, 3.05) is 60.2 Å². The molecule has 2 amide bonds. The lowest BCUT2D eigenvalue weighted by Gasteiger charge is -2.34. The van der Waals surface area contributed by atoms with Gasteiger partial charge in [0.15, 0.2) is 0 Å². The molecule has 2 fully saturated rings. The summed E-state index contributed by atoms with van der Waals surface area (Å²) in [6, 6.07) is 11.2. The molecule has 9 nitrogen and oxygen atoms in total. The quantitative estimate of drug-likeness (QED) is 0.449. The molecule has 1 aliphatic carbocycles. The number of amides is 2. The first kappa shape index (κ1) is 28.0. The molecule has 2 heterocycles. The zero-order valence-corrected chi connectivity index (χ0v) is 23.2. The molecule has 1 unspecified atom stereocenters. The molecule has 0 radical (unpaired) electrons. The number of hydrazone groups is 1. The van der Waals surface area contributed by atoms with Crippen molar-refractivity contribution in [3.05, 3.63) is 59.4 Å². The molecule has 10 heteroatoms. The number of carbonyl (C=O) groups is 2. The van der Waals surface area contributed by atoms with E-state index in [1.54, 1.807) is 37.3 Å². The molecule has 3 aliphatic rings. The zero-order valence-electron chi connectivity index (χ0n) is 23.2. The van der Waals surface area contributed by atoms with Gasteiger partial charge in [0.1, 0.15) is 23.9 Å². The first-order valence-electron chi connectivity index (χ1n) is 13.9. The van der Waals surface area contributed by atoms with Gasteiger partial charge in [0.25, 0.3) is 5.91 Å². The molecule has 0 spiro atoms. The van der Waals surface area contributed by atoms with E-state index in [0.717, 1.165) is 43.5 Å². The van der Waals surface area contributed by atoms with Crippen molar-refractivity contribution in [2.45, 2.75) is 31.7 Å². The summed E-state index contributed by atoms with van der Waals surface area (Å²) in [5.41, 5.74) is 2.19. The molecule has 214 valence electrons. The van der Waals surface area contributed by atoms with Gasteiger partial charge in [-0.25, -0.2) is 9.40 Å². The maximum absolute atomic E-state index is 13.9. The van der Waals surface area contributed by atoms with E-state index in [-0.39, 0.29) is 30.1 Å². The van der Waals surface area contributed by atoms with Crippen LogP contribution in [-0.4, -0.2) is 92.5 Å². The van der Waals surface area contributed by atoms with Crippen molar-refractivity contribution < 1.29 is 28.2 Å². The predicted octanol–water partition coefficient (Wildman–Crippen LogP) is 3.48. The van der Waals surface area contributed by atoms with E-state index in [4.69, 9.17) is 19.3 Å². The predicted molar refractivity (Wildman–Crippen MR) is 148 cm³/mol. The highest BCUT2D eigenvalue weighted by atomic mass is 19.1. The van der Waals surface area contributed by atoms with E-state index >= 15 is 0 Å². The maximum atomic E-state index is 13.9. The van der Waals surface area contributed by atoms with E-state index in [2.05, 4.69) is 4.90 Å². The number of hydrogen-bond acceptors (Lipinski definition) is 7. The van der Waals surface area contributed by atoms with Gasteiger partial charge < -0.3 is 19.1 Å². The Morgan fingerprint density at radius 1 is 1.07 bits per heavy atom. The summed E-state index contributed by atoms with van der Waals surface area (Å²) < 4.78 is 30.1. The fourth-order valence-electron chi connectivity index (χ4n) is 5.39. The third-order valence-electron chi connectivity index (χ3n) is 8.02. The molecule has 1 atom stereocenters. The lowest BCUT2D eigenvalue weighted by Crippen LogP contribution is -2.49. The maximum Gasteiger partial charge on any atom is 0.262 e. The average Bonchev–Trinajstić information content (AvgIpc) is 3.40. The Bertz CT molecular complexity index is 1230. The highest BCUT2D eigenvalue weighted by Gasteiger charge is 2.37. The summed E-state index contributed by atoms with van der Waals surface area (Å²) in [6.07, 6.45) is 3.19. The second kappa shape index (κ2) is 12.8. The minimum atomic E-state index is -0.435. The van der Waals surface area contributed by atoms with Crippen LogP contribution in [0, 0.1) is 11.7 Å². The normalized spacial score (nSPS) is 19.6. The van der Waals surface area contributed by atoms with E-state index in [1.165, 1.54) is 17.1 Å². The van der Waals surface area contributed by atoms with E-state index in [1.807, 2.05) is 12.1 Å². The molecule has 5 rings (SSSR count). The van der Waals surface area contributed by atoms with Gasteiger partial charge in [-0.05, 0) is 42.7 Å². The number of methoxy groups -OCH3 is 2. The fraction of sp³-hybridized carbons (Fsp3) is 0.500. The average molecular weight is 553 g/mol. The van der Waals surface area contributed by atoms with Crippen LogP contribution in [0.2, 0.25) is 0 Å². The Kier molecular flexibility index (Phi) is 8.96. The summed E-state index contributed by atoms with van der Waals surface area (Å²) in [7, 11) is 3.16. The van der Waals surface area contributed by atoms with Crippen molar-refractivity contribution in [3.63, 3.8) is 0 Å². The minimum Gasteiger partial charge on any atom is -0.497 e. The number of nitrogens with zero attached hydrogens (tertiary/aromatic N) is 4. The molecule has 1 saturated heterocycles. The van der Waals surface area contributed by atoms with Crippen molar-refractivity contribution in [2.24, 2.45) is 11.0 Å². The number of morpholine rings is 1. The van der Waals surface area contributed by atoms with Crippen LogP contribution in [0.4, 0.5) is 4.39 Å². The highest BCUT2D eigenvalue weighted by Crippen LogP contribution is 2.36. The first-order chi connectivity index (χ1) is 19.5. The first-order valence-corrected chi connectivity index (χ1v) is 13.9. The molecular weight excluding hydrogens is 515 g/mol. The number of ether oxygens (including phenoxy) is 3. The van der Waals surface area contributed by atoms with Crippen LogP contribution in [0.5, 0.6) is 11.5 Å². The molecule has 0 bridgehead atoms. The van der Waals surface area contributed by atoms with Crippen molar-refractivity contribution in [1.29, 1.82) is 0 Å². The molecule has 2 aromatic rings. The molecule has 0 N–H and O–H groups in total. The Morgan fingerprint density at radius 3 is 2.48 bits per heavy atom. The standard InChI is InChI=1S/C30H37FN4O5/c1-38-24-10-11-25(28(18-24)39-2)26-19-27(21-6-8-23(31)9-7-21)35(32-26)29(36)20-34(30(37)22-4-3-5-22)13-12-33-14-16-40-17-15-33/h6-11,18,22,27H,3-5,12-17,19-20H2,1-2H3. The summed E-state index contributed by atoms with van der Waals surface area (Å²) in [4.78, 5) is 31.2. The monoisotopic (exact) mass is 552 g/mol. The van der Waals surface area contributed by atoms with Crippen molar-refractivity contribution in [1.82, 2.24) is 14.8 Å². The highest BCUT2D eigenvalue weighted by molar-refractivity contribution is 6.05. The van der Waals surface area contributed by atoms with Gasteiger partial charge in [0, 0.05) is 50.1 Å². The number of benzene rings is 2. The lowest BCUT2D eigenvalue weighted by molar-refractivity contribution is -0.145. The van der Waals surface area contributed by atoms with Crippen LogP contribution in [0.15, 0.2) is 47.6 Å². The van der Waals surface area contributed by atoms with Crippen LogP contribution in [0.25, 0.3) is 0 Å². The van der Waals surface area contributed by atoms with Crippen LogP contribution in [-0.2, 0) is 14.3 Å². The van der Waals surface area contributed by atoms with E-state index in [9.17, 15) is 14.0 Å². The van der Waals surface area contributed by atoms with Gasteiger partial charge in [-0.1, -0.05) is 18.6 Å². The van der Waals surface area contributed by atoms with Gasteiger partial charge in [-0.2, -0.15) is 5.10 Å². The summed E-state index contributed by atoms with van der Waals surface area (Å²) in [6.45, 7) is 4.08. The van der Waals surface area contributed by atoms with Crippen LogP contribution < -0.4 is 9.47 Å².